The summed E-state index contributed by atoms with van der Waals surface area (Å²) in [6.07, 6.45) is 10.1. The minimum Gasteiger partial charge on any atom is -0.359 e. The average molecular weight is 553 g/mol. The average Bonchev–Trinajstić information content (AvgIpc) is 3.64. The van der Waals surface area contributed by atoms with Crippen molar-refractivity contribution in [3.8, 4) is 22.6 Å². The predicted octanol–water partition coefficient (Wildman–Crippen LogP) is 8.13. The molecule has 0 atom stereocenters. The Morgan fingerprint density at radius 1 is 1.00 bits per heavy atom. The van der Waals surface area contributed by atoms with Gasteiger partial charge in [-0.25, -0.2) is 9.37 Å². The van der Waals surface area contributed by atoms with E-state index in [2.05, 4.69) is 61.8 Å². The van der Waals surface area contributed by atoms with E-state index in [1.54, 1.807) is 24.4 Å². The molecular formula is C35H29FN6. The maximum absolute atomic E-state index is 13.5. The molecule has 0 fully saturated rings. The molecule has 0 bridgehead atoms. The van der Waals surface area contributed by atoms with E-state index in [9.17, 15) is 4.39 Å². The van der Waals surface area contributed by atoms with Crippen molar-refractivity contribution < 1.29 is 4.39 Å². The zero-order chi connectivity index (χ0) is 29.1. The molecule has 0 amide bonds. The van der Waals surface area contributed by atoms with Gasteiger partial charge < -0.3 is 10.3 Å². The van der Waals surface area contributed by atoms with E-state index in [4.69, 9.17) is 0 Å². The summed E-state index contributed by atoms with van der Waals surface area (Å²) in [4.78, 5) is 12.7. The number of nitrogens with zero attached hydrogens (tertiary/aromatic N) is 3. The molecule has 3 N–H and O–H groups in total. The summed E-state index contributed by atoms with van der Waals surface area (Å²) in [5.41, 5.74) is 9.63. The van der Waals surface area contributed by atoms with Gasteiger partial charge in [-0.1, -0.05) is 49.6 Å². The van der Waals surface area contributed by atoms with Crippen LogP contribution in [0.5, 0.6) is 0 Å². The molecular weight excluding hydrogens is 523 g/mol. The molecule has 6 aromatic rings. The molecule has 6 rings (SSSR count). The van der Waals surface area contributed by atoms with Crippen LogP contribution in [0.1, 0.15) is 18.1 Å². The van der Waals surface area contributed by atoms with Crippen molar-refractivity contribution in [1.82, 2.24) is 30.5 Å². The SMILES string of the molecule is C=C/C(=C\C(=C/C)c1cnc2n[nH]c(-c3cc4c(-c5ccc(F)cc5)nccc4[nH]3)c2c1)NC(=C)Cc1ccccc1. The molecule has 4 heterocycles. The Morgan fingerprint density at radius 2 is 1.81 bits per heavy atom. The van der Waals surface area contributed by atoms with Gasteiger partial charge in [-0.2, -0.15) is 5.10 Å². The summed E-state index contributed by atoms with van der Waals surface area (Å²) in [7, 11) is 0. The Balaban J connectivity index is 1.32. The van der Waals surface area contributed by atoms with Gasteiger partial charge in [0, 0.05) is 57.6 Å². The Labute approximate surface area is 243 Å². The lowest BCUT2D eigenvalue weighted by molar-refractivity contribution is 0.628. The third-order valence-corrected chi connectivity index (χ3v) is 7.10. The van der Waals surface area contributed by atoms with Crippen LogP contribution in [0.4, 0.5) is 4.39 Å². The molecule has 0 saturated carbocycles. The number of halogens is 1. The minimum absolute atomic E-state index is 0.281. The van der Waals surface area contributed by atoms with Crippen LogP contribution in [0, 0.1) is 5.82 Å². The fourth-order valence-corrected chi connectivity index (χ4v) is 5.03. The van der Waals surface area contributed by atoms with Gasteiger partial charge in [0.25, 0.3) is 0 Å². The number of nitrogens with one attached hydrogen (secondary N) is 3. The van der Waals surface area contributed by atoms with Gasteiger partial charge >= 0.3 is 0 Å². The van der Waals surface area contributed by atoms with Crippen LogP contribution in [0.3, 0.4) is 0 Å². The van der Waals surface area contributed by atoms with Crippen molar-refractivity contribution in [3.05, 3.63) is 145 Å². The van der Waals surface area contributed by atoms with Gasteiger partial charge in [-0.15, -0.1) is 0 Å². The highest BCUT2D eigenvalue weighted by Gasteiger charge is 2.15. The van der Waals surface area contributed by atoms with Gasteiger partial charge in [-0.3, -0.25) is 10.1 Å². The number of fused-ring (bicyclic) bond motifs is 2. The highest BCUT2D eigenvalue weighted by molar-refractivity contribution is 6.00. The standard InChI is InChI=1S/C35H29FN6/c1-4-24(18-28(5-2)39-22(3)17-23-9-7-6-8-10-23)26-19-30-34(41-42-35(30)38-21-26)32-20-29-31(40-32)15-16-37-33(29)25-11-13-27(36)14-12-25/h4-16,18-21,39-40H,2-3,17H2,1H3,(H,38,41,42)/b24-4+,28-18+. The van der Waals surface area contributed by atoms with Crippen molar-refractivity contribution in [3.63, 3.8) is 0 Å². The third kappa shape index (κ3) is 5.40. The summed E-state index contributed by atoms with van der Waals surface area (Å²) in [6, 6.07) is 22.6. The zero-order valence-electron chi connectivity index (χ0n) is 23.2. The summed E-state index contributed by atoms with van der Waals surface area (Å²) in [5, 5.41) is 12.8. The molecule has 7 heteroatoms. The first-order valence-corrected chi connectivity index (χ1v) is 13.6. The first kappa shape index (κ1) is 26.7. The molecule has 0 saturated heterocycles. The van der Waals surface area contributed by atoms with Crippen molar-refractivity contribution in [2.24, 2.45) is 0 Å². The molecule has 0 aliphatic heterocycles. The van der Waals surface area contributed by atoms with E-state index in [1.165, 1.54) is 17.7 Å². The minimum atomic E-state index is -0.281. The highest BCUT2D eigenvalue weighted by atomic mass is 19.1. The quantitative estimate of drug-likeness (QED) is 0.158. The number of pyridine rings is 2. The molecule has 0 aliphatic rings. The number of hydrogen-bond acceptors (Lipinski definition) is 4. The van der Waals surface area contributed by atoms with Gasteiger partial charge in [0.2, 0.25) is 0 Å². The summed E-state index contributed by atoms with van der Waals surface area (Å²) in [5.74, 6) is -0.281. The van der Waals surface area contributed by atoms with E-state index in [1.807, 2.05) is 55.6 Å². The molecule has 4 aromatic heterocycles. The summed E-state index contributed by atoms with van der Waals surface area (Å²) in [6.45, 7) is 10.2. The van der Waals surface area contributed by atoms with E-state index in [-0.39, 0.29) is 5.82 Å². The van der Waals surface area contributed by atoms with Crippen LogP contribution >= 0.6 is 0 Å². The Morgan fingerprint density at radius 3 is 2.57 bits per heavy atom. The lowest BCUT2D eigenvalue weighted by Gasteiger charge is -2.12. The third-order valence-electron chi connectivity index (χ3n) is 7.10. The molecule has 0 aliphatic carbocycles. The van der Waals surface area contributed by atoms with Crippen LogP contribution in [0.25, 0.3) is 50.2 Å². The number of H-pyrrole nitrogens is 2. The number of aromatic amines is 2. The van der Waals surface area contributed by atoms with Gasteiger partial charge in [0.15, 0.2) is 5.65 Å². The smallest absolute Gasteiger partial charge is 0.181 e. The first-order chi connectivity index (χ1) is 20.5. The number of benzene rings is 2. The molecule has 0 spiro atoms. The largest absolute Gasteiger partial charge is 0.359 e. The van der Waals surface area contributed by atoms with E-state index in [0.717, 1.165) is 61.5 Å². The zero-order valence-corrected chi connectivity index (χ0v) is 23.2. The van der Waals surface area contributed by atoms with Crippen LogP contribution in [-0.4, -0.2) is 25.1 Å². The molecule has 6 nitrogen and oxygen atoms in total. The lowest BCUT2D eigenvalue weighted by Crippen LogP contribution is -2.12. The van der Waals surface area contributed by atoms with Gasteiger partial charge in [0.05, 0.1) is 17.1 Å². The second kappa shape index (κ2) is 11.5. The van der Waals surface area contributed by atoms with Gasteiger partial charge in [0.1, 0.15) is 5.82 Å². The maximum atomic E-state index is 13.5. The van der Waals surface area contributed by atoms with Crippen molar-refractivity contribution in [2.75, 3.05) is 0 Å². The topological polar surface area (TPSA) is 82.3 Å². The first-order valence-electron chi connectivity index (χ1n) is 13.6. The van der Waals surface area contributed by atoms with Crippen molar-refractivity contribution in [1.29, 1.82) is 0 Å². The molecule has 0 radical (unpaired) electrons. The van der Waals surface area contributed by atoms with Gasteiger partial charge in [-0.05, 0) is 72.7 Å². The molecule has 42 heavy (non-hydrogen) atoms. The Bertz CT molecular complexity index is 1980. The number of aromatic nitrogens is 5. The van der Waals surface area contributed by atoms with E-state index >= 15 is 0 Å². The second-order valence-electron chi connectivity index (χ2n) is 9.94. The maximum Gasteiger partial charge on any atom is 0.181 e. The van der Waals surface area contributed by atoms with E-state index < -0.39 is 0 Å². The Kier molecular flexibility index (Phi) is 7.30. The summed E-state index contributed by atoms with van der Waals surface area (Å²) >= 11 is 0. The second-order valence-corrected chi connectivity index (χ2v) is 9.94. The van der Waals surface area contributed by atoms with Crippen molar-refractivity contribution >= 4 is 27.5 Å². The molecule has 0 unspecified atom stereocenters. The van der Waals surface area contributed by atoms with Crippen LogP contribution in [0.2, 0.25) is 0 Å². The fraction of sp³-hybridized carbons (Fsp3) is 0.0571. The normalized spacial score (nSPS) is 12.1. The van der Waals surface area contributed by atoms with Crippen LogP contribution in [-0.2, 0) is 6.42 Å². The monoisotopic (exact) mass is 552 g/mol. The molecule has 206 valence electrons. The van der Waals surface area contributed by atoms with E-state index in [0.29, 0.717) is 12.1 Å². The summed E-state index contributed by atoms with van der Waals surface area (Å²) < 4.78 is 13.5. The number of allylic oxidation sites excluding steroid dienone is 5. The van der Waals surface area contributed by atoms with Crippen molar-refractivity contribution in [2.45, 2.75) is 13.3 Å². The van der Waals surface area contributed by atoms with Crippen LogP contribution < -0.4 is 5.32 Å². The highest BCUT2D eigenvalue weighted by Crippen LogP contribution is 2.33. The fourth-order valence-electron chi connectivity index (χ4n) is 5.03. The number of hydrogen-bond donors (Lipinski definition) is 3. The number of rotatable bonds is 9. The lowest BCUT2D eigenvalue weighted by atomic mass is 10.0. The predicted molar refractivity (Wildman–Crippen MR) is 169 cm³/mol. The van der Waals surface area contributed by atoms with Crippen LogP contribution in [0.15, 0.2) is 128 Å². The Hall–Kier alpha value is -5.56. The molecule has 2 aromatic carbocycles.